The van der Waals surface area contributed by atoms with Crippen molar-refractivity contribution in [3.8, 4) is 0 Å². The second-order valence-corrected chi connectivity index (χ2v) is 4.81. The van der Waals surface area contributed by atoms with Gasteiger partial charge in [0.05, 0.1) is 12.7 Å². The highest BCUT2D eigenvalue weighted by molar-refractivity contribution is 6.15. The number of hydrogen-bond donors (Lipinski definition) is 1. The van der Waals surface area contributed by atoms with E-state index in [2.05, 4.69) is 10.3 Å². The predicted octanol–water partition coefficient (Wildman–Crippen LogP) is 2.83. The lowest BCUT2D eigenvalue weighted by Gasteiger charge is -2.09. The first-order chi connectivity index (χ1) is 10.0. The van der Waals surface area contributed by atoms with E-state index >= 15 is 0 Å². The number of benzene rings is 2. The Labute approximate surface area is 123 Å². The molecule has 2 aromatic carbocycles. The SMILES string of the molecule is CONC(=O)c1ccccc1C(=O)c1ccc(C)c(C)c1. The zero-order chi connectivity index (χ0) is 15.4. The highest BCUT2D eigenvalue weighted by atomic mass is 16.6. The Bertz CT molecular complexity index is 692. The molecule has 1 N–H and O–H groups in total. The van der Waals surface area contributed by atoms with E-state index in [0.29, 0.717) is 16.7 Å². The van der Waals surface area contributed by atoms with Crippen LogP contribution in [0.5, 0.6) is 0 Å². The van der Waals surface area contributed by atoms with Crippen molar-refractivity contribution < 1.29 is 14.4 Å². The van der Waals surface area contributed by atoms with Crippen molar-refractivity contribution in [3.05, 3.63) is 70.3 Å². The summed E-state index contributed by atoms with van der Waals surface area (Å²) in [5.41, 5.74) is 5.62. The second kappa shape index (κ2) is 6.33. The maximum absolute atomic E-state index is 12.6. The molecule has 0 aliphatic heterocycles. The molecule has 4 heteroatoms. The van der Waals surface area contributed by atoms with Gasteiger partial charge in [0.2, 0.25) is 0 Å². The molecule has 1 amide bonds. The van der Waals surface area contributed by atoms with Crippen LogP contribution in [0.3, 0.4) is 0 Å². The summed E-state index contributed by atoms with van der Waals surface area (Å²) in [6, 6.07) is 12.2. The monoisotopic (exact) mass is 283 g/mol. The first-order valence-electron chi connectivity index (χ1n) is 6.59. The van der Waals surface area contributed by atoms with Crippen molar-refractivity contribution >= 4 is 11.7 Å². The molecule has 21 heavy (non-hydrogen) atoms. The number of ketones is 1. The summed E-state index contributed by atoms with van der Waals surface area (Å²) in [6.07, 6.45) is 0. The molecule has 0 atom stereocenters. The van der Waals surface area contributed by atoms with Gasteiger partial charge in [0.25, 0.3) is 5.91 Å². The highest BCUT2D eigenvalue weighted by Crippen LogP contribution is 2.17. The Kier molecular flexibility index (Phi) is 4.50. The van der Waals surface area contributed by atoms with Gasteiger partial charge in [-0.25, -0.2) is 5.48 Å². The van der Waals surface area contributed by atoms with Gasteiger partial charge >= 0.3 is 0 Å². The van der Waals surface area contributed by atoms with Gasteiger partial charge in [-0.1, -0.05) is 30.3 Å². The Morgan fingerprint density at radius 1 is 0.952 bits per heavy atom. The van der Waals surface area contributed by atoms with Crippen molar-refractivity contribution in [1.29, 1.82) is 0 Å². The van der Waals surface area contributed by atoms with E-state index in [1.54, 1.807) is 30.3 Å². The summed E-state index contributed by atoms with van der Waals surface area (Å²) in [4.78, 5) is 29.2. The number of carbonyl (C=O) groups excluding carboxylic acids is 2. The van der Waals surface area contributed by atoms with Gasteiger partial charge < -0.3 is 0 Å². The first kappa shape index (κ1) is 14.9. The number of nitrogens with one attached hydrogen (secondary N) is 1. The van der Waals surface area contributed by atoms with Gasteiger partial charge in [0, 0.05) is 11.1 Å². The largest absolute Gasteiger partial charge is 0.289 e. The Morgan fingerprint density at radius 3 is 2.24 bits per heavy atom. The van der Waals surface area contributed by atoms with Crippen LogP contribution in [0.1, 0.15) is 37.4 Å². The molecule has 0 heterocycles. The van der Waals surface area contributed by atoms with Crippen LogP contribution in [0.4, 0.5) is 0 Å². The molecule has 0 fully saturated rings. The lowest BCUT2D eigenvalue weighted by molar-refractivity contribution is 0.0535. The van der Waals surface area contributed by atoms with Gasteiger partial charge in [-0.15, -0.1) is 0 Å². The van der Waals surface area contributed by atoms with Crippen LogP contribution >= 0.6 is 0 Å². The van der Waals surface area contributed by atoms with Crippen LogP contribution in [-0.2, 0) is 4.84 Å². The maximum atomic E-state index is 12.6. The Morgan fingerprint density at radius 2 is 1.62 bits per heavy atom. The number of amides is 1. The summed E-state index contributed by atoms with van der Waals surface area (Å²) in [7, 11) is 1.35. The molecule has 4 nitrogen and oxygen atoms in total. The van der Waals surface area contributed by atoms with Crippen molar-refractivity contribution in [3.63, 3.8) is 0 Å². The van der Waals surface area contributed by atoms with Crippen molar-refractivity contribution in [2.75, 3.05) is 7.11 Å². The molecule has 0 radical (unpaired) electrons. The third-order valence-electron chi connectivity index (χ3n) is 3.38. The number of carbonyl (C=O) groups is 2. The summed E-state index contributed by atoms with van der Waals surface area (Å²) in [6.45, 7) is 3.94. The zero-order valence-electron chi connectivity index (χ0n) is 12.3. The molecule has 2 aromatic rings. The molecular formula is C17H17NO3. The minimum absolute atomic E-state index is 0.181. The molecule has 108 valence electrons. The van der Waals surface area contributed by atoms with Crippen molar-refractivity contribution in [2.45, 2.75) is 13.8 Å². The van der Waals surface area contributed by atoms with E-state index in [9.17, 15) is 9.59 Å². The van der Waals surface area contributed by atoms with Crippen LogP contribution in [0.2, 0.25) is 0 Å². The van der Waals surface area contributed by atoms with Crippen LogP contribution in [0.25, 0.3) is 0 Å². The Hall–Kier alpha value is -2.46. The van der Waals surface area contributed by atoms with E-state index in [-0.39, 0.29) is 5.78 Å². The predicted molar refractivity (Wildman–Crippen MR) is 80.3 cm³/mol. The van der Waals surface area contributed by atoms with Gasteiger partial charge in [0.15, 0.2) is 5.78 Å². The molecule has 0 aliphatic carbocycles. The van der Waals surface area contributed by atoms with Crippen LogP contribution in [0.15, 0.2) is 42.5 Å². The minimum Gasteiger partial charge on any atom is -0.289 e. The molecule has 0 unspecified atom stereocenters. The van der Waals surface area contributed by atoms with Crippen molar-refractivity contribution in [2.24, 2.45) is 0 Å². The molecule has 0 bridgehead atoms. The average molecular weight is 283 g/mol. The summed E-state index contributed by atoms with van der Waals surface area (Å²) < 4.78 is 0. The molecule has 2 rings (SSSR count). The van der Waals surface area contributed by atoms with Crippen LogP contribution in [0, 0.1) is 13.8 Å². The first-order valence-corrected chi connectivity index (χ1v) is 6.59. The maximum Gasteiger partial charge on any atom is 0.275 e. The average Bonchev–Trinajstić information content (AvgIpc) is 2.49. The van der Waals surface area contributed by atoms with Crippen LogP contribution in [-0.4, -0.2) is 18.8 Å². The molecule has 0 spiro atoms. The zero-order valence-corrected chi connectivity index (χ0v) is 12.3. The van der Waals surface area contributed by atoms with E-state index in [1.807, 2.05) is 26.0 Å². The normalized spacial score (nSPS) is 10.2. The third-order valence-corrected chi connectivity index (χ3v) is 3.38. The fourth-order valence-electron chi connectivity index (χ4n) is 2.06. The molecule has 0 aromatic heterocycles. The lowest BCUT2D eigenvalue weighted by atomic mass is 9.96. The standard InChI is InChI=1S/C17H17NO3/c1-11-8-9-13(10-12(11)2)16(19)14-6-4-5-7-15(14)17(20)18-21-3/h4-10H,1-3H3,(H,18,20). The summed E-state index contributed by atoms with van der Waals surface area (Å²) in [5, 5.41) is 0. The van der Waals surface area contributed by atoms with Gasteiger partial charge in [0.1, 0.15) is 0 Å². The number of hydroxylamine groups is 1. The number of hydrogen-bond acceptors (Lipinski definition) is 3. The second-order valence-electron chi connectivity index (χ2n) is 4.81. The van der Waals surface area contributed by atoms with Crippen molar-refractivity contribution in [1.82, 2.24) is 5.48 Å². The Balaban J connectivity index is 2.43. The van der Waals surface area contributed by atoms with E-state index in [4.69, 9.17) is 0 Å². The van der Waals surface area contributed by atoms with E-state index < -0.39 is 5.91 Å². The quantitative estimate of drug-likeness (QED) is 0.693. The molecule has 0 saturated carbocycles. The summed E-state index contributed by atoms with van der Waals surface area (Å²) >= 11 is 0. The number of aryl methyl sites for hydroxylation is 2. The van der Waals surface area contributed by atoms with E-state index in [1.165, 1.54) is 7.11 Å². The molecular weight excluding hydrogens is 266 g/mol. The lowest BCUT2D eigenvalue weighted by Crippen LogP contribution is -2.24. The van der Waals surface area contributed by atoms with Crippen LogP contribution < -0.4 is 5.48 Å². The highest BCUT2D eigenvalue weighted by Gasteiger charge is 2.18. The summed E-state index contributed by atoms with van der Waals surface area (Å²) in [5.74, 6) is -0.620. The van der Waals surface area contributed by atoms with Gasteiger partial charge in [-0.05, 0) is 37.1 Å². The fourth-order valence-corrected chi connectivity index (χ4v) is 2.06. The van der Waals surface area contributed by atoms with E-state index in [0.717, 1.165) is 11.1 Å². The van der Waals surface area contributed by atoms with Gasteiger partial charge in [-0.2, -0.15) is 0 Å². The topological polar surface area (TPSA) is 55.4 Å². The molecule has 0 aliphatic rings. The molecule has 0 saturated heterocycles. The minimum atomic E-state index is -0.440. The number of rotatable bonds is 4. The fraction of sp³-hybridized carbons (Fsp3) is 0.176. The smallest absolute Gasteiger partial charge is 0.275 e. The third kappa shape index (κ3) is 3.17. The van der Waals surface area contributed by atoms with Gasteiger partial charge in [-0.3, -0.25) is 14.4 Å².